The van der Waals surface area contributed by atoms with Crippen molar-refractivity contribution in [2.75, 3.05) is 21.0 Å². The van der Waals surface area contributed by atoms with Crippen molar-refractivity contribution in [2.24, 2.45) is 16.7 Å². The van der Waals surface area contributed by atoms with Gasteiger partial charge in [0.25, 0.3) is 0 Å². The number of hydrogen-bond acceptors (Lipinski definition) is 4. The van der Waals surface area contributed by atoms with Gasteiger partial charge in [0, 0.05) is 7.11 Å². The topological polar surface area (TPSA) is 44.8 Å². The predicted molar refractivity (Wildman–Crippen MR) is 66.8 cm³/mol. The Labute approximate surface area is 108 Å². The van der Waals surface area contributed by atoms with Crippen LogP contribution in [-0.2, 0) is 19.0 Å². The van der Waals surface area contributed by atoms with Crippen LogP contribution in [0.5, 0.6) is 0 Å². The second kappa shape index (κ2) is 4.67. The van der Waals surface area contributed by atoms with Gasteiger partial charge in [-0.25, -0.2) is 0 Å². The molecule has 0 spiro atoms. The van der Waals surface area contributed by atoms with Crippen LogP contribution < -0.4 is 0 Å². The zero-order valence-electron chi connectivity index (χ0n) is 11.6. The second-order valence-electron chi connectivity index (χ2n) is 5.73. The Balaban J connectivity index is 2.29. The Kier molecular flexibility index (Phi) is 3.52. The van der Waals surface area contributed by atoms with Crippen molar-refractivity contribution < 1.29 is 19.0 Å². The number of Topliss-reactive ketones (excluding diaryl/α,β-unsaturated/α-hetero) is 1. The van der Waals surface area contributed by atoms with Crippen LogP contribution >= 0.6 is 0 Å². The molecular weight excluding hydrogens is 232 g/mol. The number of carbonyl (C=O) groups excluding carboxylic acids is 1. The van der Waals surface area contributed by atoms with Crippen molar-refractivity contribution in [3.63, 3.8) is 0 Å². The molecule has 0 radical (unpaired) electrons. The van der Waals surface area contributed by atoms with Crippen molar-refractivity contribution in [2.45, 2.75) is 32.8 Å². The summed E-state index contributed by atoms with van der Waals surface area (Å²) >= 11 is 0. The van der Waals surface area contributed by atoms with Gasteiger partial charge in [-0.15, -0.1) is 0 Å². The average Bonchev–Trinajstić information content (AvgIpc) is 2.68. The Morgan fingerprint density at radius 3 is 2.72 bits per heavy atom. The first-order chi connectivity index (χ1) is 8.51. The monoisotopic (exact) mass is 254 g/mol. The van der Waals surface area contributed by atoms with Crippen LogP contribution in [0.1, 0.15) is 26.7 Å². The van der Waals surface area contributed by atoms with Crippen LogP contribution in [0.4, 0.5) is 0 Å². The molecule has 0 amide bonds. The fourth-order valence-electron chi connectivity index (χ4n) is 3.70. The summed E-state index contributed by atoms with van der Waals surface area (Å²) in [5, 5.41) is 0. The maximum Gasteiger partial charge on any atom is 0.172 e. The Morgan fingerprint density at radius 2 is 2.11 bits per heavy atom. The lowest BCUT2D eigenvalue weighted by atomic mass is 9.69. The number of methoxy groups -OCH3 is 2. The molecule has 0 N–H and O–H groups in total. The third-order valence-corrected chi connectivity index (χ3v) is 4.84. The third kappa shape index (κ3) is 1.62. The molecule has 2 bridgehead atoms. The number of ketones is 1. The van der Waals surface area contributed by atoms with Crippen LogP contribution in [0.15, 0.2) is 12.3 Å². The molecule has 18 heavy (non-hydrogen) atoms. The number of fused-ring (bicyclic) bond motifs is 2. The SMILES string of the molecule is CO/C=C\C12CCC([C@@H](OCOC)C1=O)C2(C)C. The Bertz CT molecular complexity index is 361. The molecule has 0 aromatic rings. The van der Waals surface area contributed by atoms with Gasteiger partial charge in [-0.3, -0.25) is 4.79 Å². The zero-order chi connectivity index (χ0) is 13.4. The number of ether oxygens (including phenoxy) is 3. The lowest BCUT2D eigenvalue weighted by Crippen LogP contribution is -2.37. The minimum Gasteiger partial charge on any atom is -0.505 e. The van der Waals surface area contributed by atoms with E-state index in [0.29, 0.717) is 0 Å². The van der Waals surface area contributed by atoms with E-state index in [1.165, 1.54) is 0 Å². The number of carbonyl (C=O) groups is 1. The van der Waals surface area contributed by atoms with E-state index >= 15 is 0 Å². The normalized spacial score (nSPS) is 37.7. The maximum atomic E-state index is 12.6. The molecule has 3 atom stereocenters. The highest BCUT2D eigenvalue weighted by Crippen LogP contribution is 2.65. The summed E-state index contributed by atoms with van der Waals surface area (Å²) in [6.07, 6.45) is 5.11. The van der Waals surface area contributed by atoms with Crippen LogP contribution in [-0.4, -0.2) is 32.9 Å². The minimum atomic E-state index is -0.438. The fraction of sp³-hybridized carbons (Fsp3) is 0.786. The van der Waals surface area contributed by atoms with Gasteiger partial charge in [0.1, 0.15) is 12.9 Å². The molecule has 102 valence electrons. The van der Waals surface area contributed by atoms with E-state index in [1.54, 1.807) is 20.5 Å². The molecule has 2 fully saturated rings. The minimum absolute atomic E-state index is 0.0858. The van der Waals surface area contributed by atoms with Crippen molar-refractivity contribution in [1.29, 1.82) is 0 Å². The van der Waals surface area contributed by atoms with Crippen molar-refractivity contribution >= 4 is 5.78 Å². The highest BCUT2D eigenvalue weighted by atomic mass is 16.7. The zero-order valence-corrected chi connectivity index (χ0v) is 11.6. The van der Waals surface area contributed by atoms with Crippen molar-refractivity contribution in [3.05, 3.63) is 12.3 Å². The highest BCUT2D eigenvalue weighted by Gasteiger charge is 2.68. The maximum absolute atomic E-state index is 12.6. The van der Waals surface area contributed by atoms with Crippen molar-refractivity contribution in [1.82, 2.24) is 0 Å². The predicted octanol–water partition coefficient (Wildman–Crippen LogP) is 2.14. The van der Waals surface area contributed by atoms with Gasteiger partial charge in [-0.2, -0.15) is 0 Å². The van der Waals surface area contributed by atoms with Gasteiger partial charge >= 0.3 is 0 Å². The van der Waals surface area contributed by atoms with E-state index in [2.05, 4.69) is 13.8 Å². The molecule has 2 rings (SSSR count). The largest absolute Gasteiger partial charge is 0.505 e. The van der Waals surface area contributed by atoms with Gasteiger partial charge in [0.15, 0.2) is 5.78 Å². The van der Waals surface area contributed by atoms with E-state index in [-0.39, 0.29) is 30.0 Å². The summed E-state index contributed by atoms with van der Waals surface area (Å²) in [5.41, 5.74) is -0.524. The molecule has 0 heterocycles. The van der Waals surface area contributed by atoms with Gasteiger partial charge in [0.2, 0.25) is 0 Å². The molecule has 2 saturated carbocycles. The van der Waals surface area contributed by atoms with E-state index in [0.717, 1.165) is 12.8 Å². The van der Waals surface area contributed by atoms with Gasteiger partial charge in [-0.1, -0.05) is 13.8 Å². The van der Waals surface area contributed by atoms with Crippen molar-refractivity contribution in [3.8, 4) is 0 Å². The summed E-state index contributed by atoms with van der Waals surface area (Å²) in [5.74, 6) is 0.441. The molecule has 0 aliphatic heterocycles. The lowest BCUT2D eigenvalue weighted by Gasteiger charge is -2.32. The van der Waals surface area contributed by atoms with E-state index in [4.69, 9.17) is 14.2 Å². The summed E-state index contributed by atoms with van der Waals surface area (Å²) in [6.45, 7) is 4.48. The molecule has 2 aliphatic rings. The Morgan fingerprint density at radius 1 is 1.39 bits per heavy atom. The first kappa shape index (κ1) is 13.6. The summed E-state index contributed by atoms with van der Waals surface area (Å²) in [4.78, 5) is 12.6. The molecular formula is C14H22O4. The van der Waals surface area contributed by atoms with E-state index < -0.39 is 5.41 Å². The molecule has 0 aromatic heterocycles. The fourth-order valence-corrected chi connectivity index (χ4v) is 3.70. The number of hydrogen-bond donors (Lipinski definition) is 0. The van der Waals surface area contributed by atoms with Gasteiger partial charge in [-0.05, 0) is 30.3 Å². The second-order valence-corrected chi connectivity index (χ2v) is 5.73. The lowest BCUT2D eigenvalue weighted by molar-refractivity contribution is -0.146. The molecule has 0 saturated heterocycles. The van der Waals surface area contributed by atoms with Crippen LogP contribution in [0.25, 0.3) is 0 Å². The van der Waals surface area contributed by atoms with Crippen LogP contribution in [0, 0.1) is 16.7 Å². The quantitative estimate of drug-likeness (QED) is 0.557. The molecule has 4 nitrogen and oxygen atoms in total. The van der Waals surface area contributed by atoms with Gasteiger partial charge < -0.3 is 14.2 Å². The summed E-state index contributed by atoms with van der Waals surface area (Å²) < 4.78 is 15.5. The Hall–Kier alpha value is -0.870. The highest BCUT2D eigenvalue weighted by molar-refractivity contribution is 5.95. The molecule has 2 aliphatic carbocycles. The van der Waals surface area contributed by atoms with Crippen LogP contribution in [0.3, 0.4) is 0 Å². The first-order valence-electron chi connectivity index (χ1n) is 6.36. The summed E-state index contributed by atoms with van der Waals surface area (Å²) in [7, 11) is 3.17. The van der Waals surface area contributed by atoms with Gasteiger partial charge in [0.05, 0.1) is 18.8 Å². The first-order valence-corrected chi connectivity index (χ1v) is 6.36. The van der Waals surface area contributed by atoms with E-state index in [9.17, 15) is 4.79 Å². The number of rotatable bonds is 5. The number of allylic oxidation sites excluding steroid dienone is 1. The smallest absolute Gasteiger partial charge is 0.172 e. The molecule has 4 heteroatoms. The van der Waals surface area contributed by atoms with Crippen LogP contribution in [0.2, 0.25) is 0 Å². The molecule has 0 aromatic carbocycles. The molecule has 2 unspecified atom stereocenters. The standard InChI is InChI=1S/C14H22O4/c1-13(2)10-5-6-14(13,7-8-16-3)12(15)11(10)18-9-17-4/h7-8,10-11H,5-6,9H2,1-4H3/b8-7-/t10?,11-,14?/m1/s1. The summed E-state index contributed by atoms with van der Waals surface area (Å²) in [6, 6.07) is 0. The third-order valence-electron chi connectivity index (χ3n) is 4.84. The average molecular weight is 254 g/mol. The van der Waals surface area contributed by atoms with E-state index in [1.807, 2.05) is 6.08 Å².